The van der Waals surface area contributed by atoms with Crippen LogP contribution in [0.15, 0.2) is 30.5 Å². The molecule has 0 amide bonds. The van der Waals surface area contributed by atoms with Crippen LogP contribution in [0.5, 0.6) is 0 Å². The maximum absolute atomic E-state index is 9.98. The van der Waals surface area contributed by atoms with Gasteiger partial charge in [0.2, 0.25) is 0 Å². The quantitative estimate of drug-likeness (QED) is 0.306. The van der Waals surface area contributed by atoms with Crippen LogP contribution in [0.3, 0.4) is 0 Å². The summed E-state index contributed by atoms with van der Waals surface area (Å²) in [4.78, 5) is 4.54. The average molecular weight is 344 g/mol. The largest absolute Gasteiger partial charge is 0.516 e. The molecular formula is C22H33NO2. The van der Waals surface area contributed by atoms with Gasteiger partial charge < -0.3 is 10.2 Å². The molecule has 2 N–H and O–H groups in total. The van der Waals surface area contributed by atoms with Gasteiger partial charge in [-0.25, -0.2) is 4.98 Å². The number of pyridine rings is 1. The zero-order chi connectivity index (χ0) is 18.2. The van der Waals surface area contributed by atoms with Gasteiger partial charge in [0.15, 0.2) is 0 Å². The molecular weight excluding hydrogens is 310 g/mol. The van der Waals surface area contributed by atoms with Crippen molar-refractivity contribution in [2.24, 2.45) is 0 Å². The monoisotopic (exact) mass is 343 g/mol. The topological polar surface area (TPSA) is 53.4 Å². The second kappa shape index (κ2) is 14.5. The number of aromatic nitrogens is 1. The Balaban J connectivity index is 2.31. The maximum Gasteiger partial charge on any atom is 0.115 e. The Kier molecular flexibility index (Phi) is 12.4. The Morgan fingerprint density at radius 2 is 1.88 bits per heavy atom. The molecule has 1 aromatic heterocycles. The minimum absolute atomic E-state index is 0.554. The fourth-order valence-corrected chi connectivity index (χ4v) is 2.68. The van der Waals surface area contributed by atoms with Gasteiger partial charge in [-0.1, -0.05) is 57.1 Å². The molecule has 25 heavy (non-hydrogen) atoms. The summed E-state index contributed by atoms with van der Waals surface area (Å²) in [6.45, 7) is 2.22. The summed E-state index contributed by atoms with van der Waals surface area (Å²) < 4.78 is 0. The van der Waals surface area contributed by atoms with Crippen LogP contribution >= 0.6 is 0 Å². The Morgan fingerprint density at radius 3 is 2.68 bits per heavy atom. The first-order valence-electron chi connectivity index (χ1n) is 9.71. The zero-order valence-corrected chi connectivity index (χ0v) is 15.6. The molecule has 0 bridgehead atoms. The van der Waals surface area contributed by atoms with Gasteiger partial charge in [-0.05, 0) is 56.6 Å². The number of hydrogen-bond donors (Lipinski definition) is 2. The molecule has 0 saturated carbocycles. The van der Waals surface area contributed by atoms with Crippen molar-refractivity contribution in [1.29, 1.82) is 0 Å². The zero-order valence-electron chi connectivity index (χ0n) is 15.6. The highest BCUT2D eigenvalue weighted by Crippen LogP contribution is 2.09. The summed E-state index contributed by atoms with van der Waals surface area (Å²) in [5.74, 6) is 5.92. The Bertz CT molecular complexity index is 542. The third-order valence-corrected chi connectivity index (χ3v) is 4.16. The number of unbranched alkanes of at least 4 members (excludes halogenated alkanes) is 7. The van der Waals surface area contributed by atoms with Gasteiger partial charge in [0.25, 0.3) is 0 Å². The lowest BCUT2D eigenvalue weighted by Crippen LogP contribution is -2.02. The molecule has 0 aliphatic heterocycles. The highest BCUT2D eigenvalue weighted by molar-refractivity contribution is 5.29. The lowest BCUT2D eigenvalue weighted by molar-refractivity contribution is 0.217. The second-order valence-corrected chi connectivity index (χ2v) is 6.49. The van der Waals surface area contributed by atoms with Crippen LogP contribution < -0.4 is 0 Å². The number of rotatable bonds is 12. The predicted molar refractivity (Wildman–Crippen MR) is 104 cm³/mol. The summed E-state index contributed by atoms with van der Waals surface area (Å²) in [5.41, 5.74) is 1.76. The molecule has 0 saturated heterocycles. The van der Waals surface area contributed by atoms with Crippen molar-refractivity contribution in [3.63, 3.8) is 0 Å². The van der Waals surface area contributed by atoms with E-state index < -0.39 is 6.10 Å². The van der Waals surface area contributed by atoms with Crippen molar-refractivity contribution < 1.29 is 10.2 Å². The summed E-state index contributed by atoms with van der Waals surface area (Å²) in [7, 11) is 0. The van der Waals surface area contributed by atoms with E-state index in [0.717, 1.165) is 56.2 Å². The van der Waals surface area contributed by atoms with Gasteiger partial charge in [-0.15, -0.1) is 0 Å². The van der Waals surface area contributed by atoms with E-state index in [0.29, 0.717) is 0 Å². The molecule has 0 fully saturated rings. The van der Waals surface area contributed by atoms with Crippen LogP contribution in [0, 0.1) is 11.8 Å². The van der Waals surface area contributed by atoms with E-state index >= 15 is 0 Å². The lowest BCUT2D eigenvalue weighted by Gasteiger charge is -2.03. The summed E-state index contributed by atoms with van der Waals surface area (Å²) in [6, 6.07) is 5.88. The number of hydrogen-bond acceptors (Lipinski definition) is 3. The molecule has 1 atom stereocenters. The number of nitrogens with zero attached hydrogens (tertiary/aromatic N) is 1. The first-order valence-corrected chi connectivity index (χ1v) is 9.71. The smallest absolute Gasteiger partial charge is 0.115 e. The van der Waals surface area contributed by atoms with Gasteiger partial charge in [-0.2, -0.15) is 0 Å². The van der Waals surface area contributed by atoms with Gasteiger partial charge in [0.1, 0.15) is 11.8 Å². The minimum Gasteiger partial charge on any atom is -0.516 e. The van der Waals surface area contributed by atoms with Crippen LogP contribution in [-0.2, 0) is 6.42 Å². The minimum atomic E-state index is -0.554. The van der Waals surface area contributed by atoms with Gasteiger partial charge in [0, 0.05) is 5.69 Å². The molecule has 1 rings (SSSR count). The first kappa shape index (κ1) is 21.3. The van der Waals surface area contributed by atoms with E-state index in [1.54, 1.807) is 6.08 Å². The molecule has 0 spiro atoms. The van der Waals surface area contributed by atoms with Crippen molar-refractivity contribution in [3.05, 3.63) is 41.9 Å². The van der Waals surface area contributed by atoms with Crippen molar-refractivity contribution in [2.45, 2.75) is 83.7 Å². The molecule has 0 radical (unpaired) electrons. The van der Waals surface area contributed by atoms with Crippen LogP contribution in [0.2, 0.25) is 0 Å². The normalized spacial score (nSPS) is 12.1. The first-order chi connectivity index (χ1) is 12.3. The molecule has 3 heteroatoms. The molecule has 0 aliphatic rings. The van der Waals surface area contributed by atoms with E-state index in [9.17, 15) is 5.11 Å². The van der Waals surface area contributed by atoms with E-state index in [1.807, 2.05) is 18.2 Å². The summed E-state index contributed by atoms with van der Waals surface area (Å²) in [5, 5.41) is 18.6. The molecule has 1 aromatic rings. The third kappa shape index (κ3) is 11.4. The average Bonchev–Trinajstić information content (AvgIpc) is 2.63. The van der Waals surface area contributed by atoms with Crippen molar-refractivity contribution in [1.82, 2.24) is 4.98 Å². The highest BCUT2D eigenvalue weighted by Gasteiger charge is 2.00. The van der Waals surface area contributed by atoms with Crippen LogP contribution in [0.25, 0.3) is 0 Å². The number of aliphatic hydroxyl groups is 2. The Morgan fingerprint density at radius 1 is 1.08 bits per heavy atom. The van der Waals surface area contributed by atoms with Crippen LogP contribution in [0.1, 0.15) is 82.5 Å². The molecule has 138 valence electrons. The van der Waals surface area contributed by atoms with Crippen molar-refractivity contribution in [3.8, 4) is 11.8 Å². The standard InChI is InChI=1S/C22H33NO2/c1-2-3-4-5-6-10-16-22(25)18-17-21-15-12-14-20(23-21)13-9-7-8-11-19-24/h11-12,14-15,19,22,24-25H,2-10,13,16H2,1H3. The summed E-state index contributed by atoms with van der Waals surface area (Å²) in [6.07, 6.45) is 14.3. The Labute approximate surface area is 153 Å². The molecule has 0 aliphatic carbocycles. The highest BCUT2D eigenvalue weighted by atomic mass is 16.3. The van der Waals surface area contributed by atoms with Gasteiger partial charge in [-0.3, -0.25) is 0 Å². The lowest BCUT2D eigenvalue weighted by atomic mass is 10.1. The van der Waals surface area contributed by atoms with Crippen LogP contribution in [0.4, 0.5) is 0 Å². The van der Waals surface area contributed by atoms with E-state index in [1.165, 1.54) is 32.1 Å². The number of aliphatic hydroxyl groups excluding tert-OH is 2. The second-order valence-electron chi connectivity index (χ2n) is 6.49. The number of aryl methyl sites for hydroxylation is 1. The summed E-state index contributed by atoms with van der Waals surface area (Å²) >= 11 is 0. The maximum atomic E-state index is 9.98. The van der Waals surface area contributed by atoms with Crippen LogP contribution in [-0.4, -0.2) is 21.3 Å². The molecule has 1 heterocycles. The van der Waals surface area contributed by atoms with E-state index in [-0.39, 0.29) is 0 Å². The predicted octanol–water partition coefficient (Wildman–Crippen LogP) is 5.33. The SMILES string of the molecule is CCCCCCCCC(O)C#Cc1cccc(CCCCC=CO)n1. The number of allylic oxidation sites excluding steroid dienone is 1. The fraction of sp³-hybridized carbons (Fsp3) is 0.591. The van der Waals surface area contributed by atoms with E-state index in [2.05, 4.69) is 23.7 Å². The van der Waals surface area contributed by atoms with Crippen molar-refractivity contribution >= 4 is 0 Å². The fourth-order valence-electron chi connectivity index (χ4n) is 2.68. The third-order valence-electron chi connectivity index (χ3n) is 4.16. The molecule has 1 unspecified atom stereocenters. The van der Waals surface area contributed by atoms with Crippen molar-refractivity contribution in [2.75, 3.05) is 0 Å². The van der Waals surface area contributed by atoms with Gasteiger partial charge in [0.05, 0.1) is 6.26 Å². The van der Waals surface area contributed by atoms with E-state index in [4.69, 9.17) is 5.11 Å². The molecule has 3 nitrogen and oxygen atoms in total. The molecule has 0 aromatic carbocycles. The van der Waals surface area contributed by atoms with Gasteiger partial charge >= 0.3 is 0 Å². The Hall–Kier alpha value is -1.79.